The summed E-state index contributed by atoms with van der Waals surface area (Å²) in [7, 11) is 0. The fraction of sp³-hybridized carbons (Fsp3) is 0.278. The Morgan fingerprint density at radius 1 is 1.00 bits per heavy atom. The fourth-order valence-electron chi connectivity index (χ4n) is 2.80. The average Bonchev–Trinajstić information content (AvgIpc) is 2.63. The van der Waals surface area contributed by atoms with Crippen LogP contribution >= 0.6 is 15.9 Å². The third kappa shape index (κ3) is 4.30. The number of benzene rings is 2. The Bertz CT molecular complexity index is 789. The number of hydrogen-bond acceptors (Lipinski definition) is 2. The van der Waals surface area contributed by atoms with Crippen molar-refractivity contribution in [1.29, 1.82) is 0 Å². The zero-order valence-electron chi connectivity index (χ0n) is 13.8. The fourth-order valence-corrected chi connectivity index (χ4v) is 3.19. The van der Waals surface area contributed by atoms with E-state index in [4.69, 9.17) is 0 Å². The maximum absolute atomic E-state index is 12.9. The highest BCUT2D eigenvalue weighted by Gasteiger charge is 2.31. The average molecular weight is 428 g/mol. The number of carbonyl (C=O) groups excluding carboxylic acids is 1. The van der Waals surface area contributed by atoms with Crippen LogP contribution in [0.5, 0.6) is 0 Å². The second kappa shape index (κ2) is 7.57. The molecule has 2 aromatic rings. The topological polar surface area (TPSA) is 35.6 Å². The van der Waals surface area contributed by atoms with E-state index in [1.165, 1.54) is 6.07 Å². The minimum absolute atomic E-state index is 0.222. The normalized spacial score (nSPS) is 15.1. The Labute approximate surface area is 157 Å². The van der Waals surface area contributed by atoms with Crippen molar-refractivity contribution in [1.82, 2.24) is 4.90 Å². The molecule has 4 nitrogen and oxygen atoms in total. The number of urea groups is 1. The molecular formula is C18H17BrF3N3O. The first-order valence-electron chi connectivity index (χ1n) is 8.07. The molecule has 0 radical (unpaired) electrons. The molecule has 1 fully saturated rings. The Morgan fingerprint density at radius 3 is 2.35 bits per heavy atom. The molecule has 1 heterocycles. The summed E-state index contributed by atoms with van der Waals surface area (Å²) < 4.78 is 39.4. The lowest BCUT2D eigenvalue weighted by Gasteiger charge is -2.36. The van der Waals surface area contributed by atoms with Gasteiger partial charge in [-0.3, -0.25) is 0 Å². The van der Waals surface area contributed by atoms with Crippen LogP contribution in [0.25, 0.3) is 0 Å². The summed E-state index contributed by atoms with van der Waals surface area (Å²) in [6, 6.07) is 12.4. The molecule has 2 amide bonds. The number of hydrogen-bond donors (Lipinski definition) is 1. The number of rotatable bonds is 2. The summed E-state index contributed by atoms with van der Waals surface area (Å²) in [6.07, 6.45) is -4.36. The molecule has 0 spiro atoms. The van der Waals surface area contributed by atoms with Gasteiger partial charge < -0.3 is 15.1 Å². The molecule has 8 heteroatoms. The number of piperazine rings is 1. The van der Waals surface area contributed by atoms with Crippen molar-refractivity contribution in [2.75, 3.05) is 36.4 Å². The van der Waals surface area contributed by atoms with Crippen molar-refractivity contribution >= 4 is 33.3 Å². The minimum Gasteiger partial charge on any atom is -0.368 e. The number of carbonyl (C=O) groups is 1. The van der Waals surface area contributed by atoms with E-state index >= 15 is 0 Å². The Hall–Kier alpha value is -2.22. The van der Waals surface area contributed by atoms with Gasteiger partial charge in [-0.15, -0.1) is 0 Å². The third-order valence-corrected chi connectivity index (χ3v) is 4.91. The van der Waals surface area contributed by atoms with E-state index in [0.717, 1.165) is 16.6 Å². The van der Waals surface area contributed by atoms with E-state index in [9.17, 15) is 18.0 Å². The molecule has 0 saturated carbocycles. The van der Waals surface area contributed by atoms with Crippen LogP contribution < -0.4 is 10.2 Å². The van der Waals surface area contributed by atoms with Crippen LogP contribution in [0.3, 0.4) is 0 Å². The van der Waals surface area contributed by atoms with Crippen molar-refractivity contribution in [3.8, 4) is 0 Å². The van der Waals surface area contributed by atoms with E-state index in [1.54, 1.807) is 17.0 Å². The monoisotopic (exact) mass is 427 g/mol. The quantitative estimate of drug-likeness (QED) is 0.745. The number of anilines is 2. The summed E-state index contributed by atoms with van der Waals surface area (Å²) in [5.74, 6) is 0. The molecule has 1 aliphatic heterocycles. The molecule has 138 valence electrons. The molecule has 1 saturated heterocycles. The van der Waals surface area contributed by atoms with E-state index in [0.29, 0.717) is 37.6 Å². The van der Waals surface area contributed by atoms with Gasteiger partial charge in [-0.1, -0.05) is 18.2 Å². The second-order valence-electron chi connectivity index (χ2n) is 5.93. The van der Waals surface area contributed by atoms with Gasteiger partial charge in [0, 0.05) is 36.3 Å². The van der Waals surface area contributed by atoms with Crippen LogP contribution in [0.15, 0.2) is 53.0 Å². The predicted molar refractivity (Wildman–Crippen MR) is 98.4 cm³/mol. The summed E-state index contributed by atoms with van der Waals surface area (Å²) in [4.78, 5) is 15.9. The number of nitrogens with one attached hydrogen (secondary N) is 1. The summed E-state index contributed by atoms with van der Waals surface area (Å²) in [6.45, 7) is 1.83. The first-order chi connectivity index (χ1) is 12.3. The maximum Gasteiger partial charge on any atom is 0.416 e. The van der Waals surface area contributed by atoms with Gasteiger partial charge in [-0.2, -0.15) is 13.2 Å². The molecule has 0 unspecified atom stereocenters. The highest BCUT2D eigenvalue weighted by molar-refractivity contribution is 9.10. The molecule has 26 heavy (non-hydrogen) atoms. The number of amides is 2. The first-order valence-corrected chi connectivity index (χ1v) is 8.86. The van der Waals surface area contributed by atoms with E-state index < -0.39 is 11.7 Å². The van der Waals surface area contributed by atoms with Gasteiger partial charge in [0.2, 0.25) is 0 Å². The third-order valence-electron chi connectivity index (χ3n) is 4.22. The zero-order valence-corrected chi connectivity index (χ0v) is 15.3. The van der Waals surface area contributed by atoms with Crippen molar-refractivity contribution in [3.63, 3.8) is 0 Å². The van der Waals surface area contributed by atoms with Gasteiger partial charge in [0.25, 0.3) is 0 Å². The largest absolute Gasteiger partial charge is 0.416 e. The Kier molecular flexibility index (Phi) is 5.41. The molecule has 0 atom stereocenters. The molecular weight excluding hydrogens is 411 g/mol. The van der Waals surface area contributed by atoms with Gasteiger partial charge in [-0.05, 0) is 46.3 Å². The van der Waals surface area contributed by atoms with Crippen molar-refractivity contribution in [2.45, 2.75) is 6.18 Å². The lowest BCUT2D eigenvalue weighted by molar-refractivity contribution is -0.137. The molecule has 0 aromatic heterocycles. The van der Waals surface area contributed by atoms with Gasteiger partial charge in [0.05, 0.1) is 11.3 Å². The van der Waals surface area contributed by atoms with E-state index in [2.05, 4.69) is 21.2 Å². The summed E-state index contributed by atoms with van der Waals surface area (Å²) in [5.41, 5.74) is 0.535. The highest BCUT2D eigenvalue weighted by Crippen LogP contribution is 2.32. The summed E-state index contributed by atoms with van der Waals surface area (Å²) in [5, 5.41) is 2.84. The smallest absolute Gasteiger partial charge is 0.368 e. The number of alkyl halides is 3. The minimum atomic E-state index is -4.36. The van der Waals surface area contributed by atoms with Crippen molar-refractivity contribution < 1.29 is 18.0 Å². The lowest BCUT2D eigenvalue weighted by Crippen LogP contribution is -2.50. The highest BCUT2D eigenvalue weighted by atomic mass is 79.9. The molecule has 1 N–H and O–H groups in total. The van der Waals surface area contributed by atoms with Gasteiger partial charge >= 0.3 is 12.2 Å². The van der Waals surface area contributed by atoms with Gasteiger partial charge in [0.1, 0.15) is 0 Å². The predicted octanol–water partition coefficient (Wildman–Crippen LogP) is 4.82. The van der Waals surface area contributed by atoms with Crippen molar-refractivity contribution in [3.05, 3.63) is 58.6 Å². The number of para-hydroxylation sites is 1. The van der Waals surface area contributed by atoms with Crippen LogP contribution in [0.2, 0.25) is 0 Å². The molecule has 2 aromatic carbocycles. The molecule has 0 bridgehead atoms. The lowest BCUT2D eigenvalue weighted by atomic mass is 10.1. The van der Waals surface area contributed by atoms with Crippen LogP contribution in [0.4, 0.5) is 29.3 Å². The SMILES string of the molecule is O=C(Nc1ccccc1Br)N1CCN(c2cccc(C(F)(F)F)c2)CC1. The van der Waals surface area contributed by atoms with Crippen LogP contribution in [0, 0.1) is 0 Å². The second-order valence-corrected chi connectivity index (χ2v) is 6.79. The van der Waals surface area contributed by atoms with Crippen LogP contribution in [-0.2, 0) is 6.18 Å². The Morgan fingerprint density at radius 2 is 1.69 bits per heavy atom. The molecule has 0 aliphatic carbocycles. The maximum atomic E-state index is 12.9. The van der Waals surface area contributed by atoms with Crippen LogP contribution in [0.1, 0.15) is 5.56 Å². The number of halogens is 4. The van der Waals surface area contributed by atoms with E-state index in [-0.39, 0.29) is 6.03 Å². The van der Waals surface area contributed by atoms with Crippen molar-refractivity contribution in [2.24, 2.45) is 0 Å². The molecule has 1 aliphatic rings. The van der Waals surface area contributed by atoms with Gasteiger partial charge in [0.15, 0.2) is 0 Å². The molecule has 3 rings (SSSR count). The Balaban J connectivity index is 1.61. The first kappa shape index (κ1) is 18.6. The van der Waals surface area contributed by atoms with E-state index in [1.807, 2.05) is 23.1 Å². The van der Waals surface area contributed by atoms with Gasteiger partial charge in [-0.25, -0.2) is 4.79 Å². The standard InChI is InChI=1S/C18H17BrF3N3O/c19-15-6-1-2-7-16(15)23-17(26)25-10-8-24(9-11-25)14-5-3-4-13(12-14)18(20,21)22/h1-7,12H,8-11H2,(H,23,26). The summed E-state index contributed by atoms with van der Waals surface area (Å²) >= 11 is 3.38. The number of nitrogens with zero attached hydrogens (tertiary/aromatic N) is 2. The van der Waals surface area contributed by atoms with Crippen LogP contribution in [-0.4, -0.2) is 37.1 Å². The zero-order chi connectivity index (χ0) is 18.7.